The molecule has 164 valence electrons. The van der Waals surface area contributed by atoms with Crippen molar-refractivity contribution in [3.05, 3.63) is 49.1 Å². The quantitative estimate of drug-likeness (QED) is 0.401. The first-order chi connectivity index (χ1) is 15.6. The minimum absolute atomic E-state index is 0.185. The van der Waals surface area contributed by atoms with Crippen LogP contribution in [0.5, 0.6) is 0 Å². The number of aromatic nitrogens is 2. The number of anilines is 2. The van der Waals surface area contributed by atoms with E-state index in [1.165, 1.54) is 0 Å². The van der Waals surface area contributed by atoms with E-state index in [0.717, 1.165) is 37.1 Å². The van der Waals surface area contributed by atoms with Crippen LogP contribution in [0.3, 0.4) is 0 Å². The van der Waals surface area contributed by atoms with Gasteiger partial charge in [-0.1, -0.05) is 0 Å². The number of pyridine rings is 2. The fourth-order valence-electron chi connectivity index (χ4n) is 4.05. The lowest BCUT2D eigenvalue weighted by Crippen LogP contribution is -2.43. The summed E-state index contributed by atoms with van der Waals surface area (Å²) >= 11 is 0. The van der Waals surface area contributed by atoms with Gasteiger partial charge in [0, 0.05) is 49.3 Å². The predicted molar refractivity (Wildman–Crippen MR) is 123 cm³/mol. The third kappa shape index (κ3) is 5.92. The highest BCUT2D eigenvalue weighted by Crippen LogP contribution is 2.32. The lowest BCUT2D eigenvalue weighted by molar-refractivity contribution is 0.285. The molecule has 0 aliphatic heterocycles. The summed E-state index contributed by atoms with van der Waals surface area (Å²) in [4.78, 5) is 19.3. The molecule has 10 nitrogen and oxygen atoms in total. The van der Waals surface area contributed by atoms with Gasteiger partial charge in [-0.05, 0) is 61.8 Å². The summed E-state index contributed by atoms with van der Waals surface area (Å²) < 4.78 is 0. The molecule has 1 aliphatic carbocycles. The molecule has 0 unspecified atom stereocenters. The van der Waals surface area contributed by atoms with Gasteiger partial charge in [-0.2, -0.15) is 10.5 Å². The zero-order valence-corrected chi connectivity index (χ0v) is 17.7. The SMILES string of the molecule is N#CN=C(N)N(CC1CCC(CN(C(N)=NC#N)c2ccncc2)CC1)c1ccncc1. The molecule has 0 amide bonds. The van der Waals surface area contributed by atoms with Gasteiger partial charge in [0.25, 0.3) is 0 Å². The van der Waals surface area contributed by atoms with Crippen molar-refractivity contribution in [2.45, 2.75) is 25.7 Å². The molecular weight excluding hydrogens is 404 g/mol. The van der Waals surface area contributed by atoms with Gasteiger partial charge in [0.15, 0.2) is 0 Å². The molecular formula is C22H26N10. The first kappa shape index (κ1) is 22.5. The number of aliphatic imine (C=N–C) groups is 2. The number of nitrogens with two attached hydrogens (primary N) is 2. The number of rotatable bonds is 6. The van der Waals surface area contributed by atoms with Gasteiger partial charge >= 0.3 is 0 Å². The molecule has 2 heterocycles. The fraction of sp³-hybridized carbons (Fsp3) is 0.364. The second-order valence-electron chi connectivity index (χ2n) is 7.66. The van der Waals surface area contributed by atoms with Gasteiger partial charge in [0.2, 0.25) is 24.3 Å². The van der Waals surface area contributed by atoms with Gasteiger partial charge < -0.3 is 21.3 Å². The van der Waals surface area contributed by atoms with Crippen molar-refractivity contribution in [2.24, 2.45) is 33.3 Å². The molecule has 0 spiro atoms. The highest BCUT2D eigenvalue weighted by molar-refractivity contribution is 5.95. The third-order valence-electron chi connectivity index (χ3n) is 5.68. The van der Waals surface area contributed by atoms with Crippen LogP contribution in [-0.4, -0.2) is 35.0 Å². The average molecular weight is 431 g/mol. The molecule has 1 aliphatic rings. The van der Waals surface area contributed by atoms with Crippen molar-refractivity contribution in [1.82, 2.24) is 9.97 Å². The number of nitriles is 2. The van der Waals surface area contributed by atoms with Gasteiger partial charge in [-0.25, -0.2) is 0 Å². The minimum Gasteiger partial charge on any atom is -0.369 e. The average Bonchev–Trinajstić information content (AvgIpc) is 2.83. The van der Waals surface area contributed by atoms with E-state index in [2.05, 4.69) is 20.0 Å². The smallest absolute Gasteiger partial charge is 0.211 e. The van der Waals surface area contributed by atoms with E-state index in [4.69, 9.17) is 22.0 Å². The Labute approximate surface area is 187 Å². The molecule has 3 rings (SSSR count). The Kier molecular flexibility index (Phi) is 7.93. The number of guanidine groups is 2. The summed E-state index contributed by atoms with van der Waals surface area (Å²) in [5.41, 5.74) is 13.9. The second-order valence-corrected chi connectivity index (χ2v) is 7.66. The molecule has 1 fully saturated rings. The van der Waals surface area contributed by atoms with Gasteiger partial charge in [0.1, 0.15) is 0 Å². The number of hydrogen-bond acceptors (Lipinski definition) is 6. The molecule has 10 heteroatoms. The van der Waals surface area contributed by atoms with Gasteiger partial charge in [0.05, 0.1) is 0 Å². The van der Waals surface area contributed by atoms with Gasteiger partial charge in [-0.3, -0.25) is 9.97 Å². The summed E-state index contributed by atoms with van der Waals surface area (Å²) in [5, 5.41) is 17.9. The van der Waals surface area contributed by atoms with Crippen molar-refractivity contribution >= 4 is 23.3 Å². The van der Waals surface area contributed by atoms with Crippen LogP contribution >= 0.6 is 0 Å². The Morgan fingerprint density at radius 2 is 1.12 bits per heavy atom. The Hall–Kier alpha value is -4.18. The van der Waals surface area contributed by atoms with Gasteiger partial charge in [-0.15, -0.1) is 9.98 Å². The predicted octanol–water partition coefficient (Wildman–Crippen LogP) is 2.19. The van der Waals surface area contributed by atoms with E-state index in [1.807, 2.05) is 34.1 Å². The maximum absolute atomic E-state index is 8.93. The van der Waals surface area contributed by atoms with Crippen molar-refractivity contribution in [2.75, 3.05) is 22.9 Å². The first-order valence-electron chi connectivity index (χ1n) is 10.4. The zero-order chi connectivity index (χ0) is 22.8. The molecule has 0 saturated heterocycles. The number of hydrogen-bond donors (Lipinski definition) is 2. The minimum atomic E-state index is 0.185. The van der Waals surface area contributed by atoms with E-state index in [1.54, 1.807) is 37.2 Å². The Morgan fingerprint density at radius 3 is 1.44 bits per heavy atom. The molecule has 0 radical (unpaired) electrons. The van der Waals surface area contributed by atoms with E-state index >= 15 is 0 Å². The van der Waals surface area contributed by atoms with Crippen LogP contribution in [0.4, 0.5) is 11.4 Å². The largest absolute Gasteiger partial charge is 0.369 e. The zero-order valence-electron chi connectivity index (χ0n) is 17.7. The van der Waals surface area contributed by atoms with Crippen molar-refractivity contribution in [3.63, 3.8) is 0 Å². The Morgan fingerprint density at radius 1 is 0.781 bits per heavy atom. The Bertz CT molecular complexity index is 915. The molecule has 1 saturated carbocycles. The molecule has 2 aromatic rings. The van der Waals surface area contributed by atoms with Crippen molar-refractivity contribution in [1.29, 1.82) is 10.5 Å². The van der Waals surface area contributed by atoms with Crippen LogP contribution in [0.2, 0.25) is 0 Å². The van der Waals surface area contributed by atoms with Crippen LogP contribution in [0.25, 0.3) is 0 Å². The lowest BCUT2D eigenvalue weighted by Gasteiger charge is -2.35. The topological polar surface area (TPSA) is 157 Å². The second kappa shape index (κ2) is 11.3. The van der Waals surface area contributed by atoms with Crippen molar-refractivity contribution < 1.29 is 0 Å². The maximum atomic E-state index is 8.93. The maximum Gasteiger partial charge on any atom is 0.211 e. The van der Waals surface area contributed by atoms with Crippen molar-refractivity contribution in [3.8, 4) is 12.4 Å². The lowest BCUT2D eigenvalue weighted by atomic mass is 9.81. The molecule has 0 aromatic carbocycles. The van der Waals surface area contributed by atoms with Crippen LogP contribution in [0.1, 0.15) is 25.7 Å². The monoisotopic (exact) mass is 430 g/mol. The summed E-state index contributed by atoms with van der Waals surface area (Å²) in [5.74, 6) is 1.19. The molecule has 4 N–H and O–H groups in total. The third-order valence-corrected chi connectivity index (χ3v) is 5.68. The number of nitrogens with zero attached hydrogens (tertiary/aromatic N) is 8. The summed E-state index contributed by atoms with van der Waals surface area (Å²) in [7, 11) is 0. The summed E-state index contributed by atoms with van der Waals surface area (Å²) in [6, 6.07) is 7.43. The van der Waals surface area contributed by atoms with E-state index < -0.39 is 0 Å². The first-order valence-corrected chi connectivity index (χ1v) is 10.4. The highest BCUT2D eigenvalue weighted by atomic mass is 15.3. The Balaban J connectivity index is 1.64. The summed E-state index contributed by atoms with van der Waals surface area (Å²) in [6.45, 7) is 1.36. The standard InChI is InChI=1S/C22H26N10/c23-15-29-21(25)31(19-5-9-27-10-6-19)13-17-1-2-18(4-3-17)14-32(22(26)30-16-24)20-7-11-28-12-8-20/h5-12,17-18H,1-4,13-14H2,(H2,25,29)(H2,26,30). The molecule has 0 bridgehead atoms. The van der Waals surface area contributed by atoms with Crippen LogP contribution < -0.4 is 21.3 Å². The normalized spacial score (nSPS) is 18.9. The molecule has 0 atom stereocenters. The van der Waals surface area contributed by atoms with E-state index in [-0.39, 0.29) is 11.9 Å². The molecule has 2 aromatic heterocycles. The highest BCUT2D eigenvalue weighted by Gasteiger charge is 2.27. The van der Waals surface area contributed by atoms with Crippen LogP contribution in [0, 0.1) is 34.7 Å². The van der Waals surface area contributed by atoms with E-state index in [0.29, 0.717) is 24.9 Å². The fourth-order valence-corrected chi connectivity index (χ4v) is 4.05. The molecule has 32 heavy (non-hydrogen) atoms. The van der Waals surface area contributed by atoms with Crippen LogP contribution in [0.15, 0.2) is 59.0 Å². The van der Waals surface area contributed by atoms with E-state index in [9.17, 15) is 0 Å². The summed E-state index contributed by atoms with van der Waals surface area (Å²) in [6.07, 6.45) is 14.3. The van der Waals surface area contributed by atoms with Crippen LogP contribution in [-0.2, 0) is 0 Å².